The van der Waals surface area contributed by atoms with Gasteiger partial charge in [0.1, 0.15) is 5.78 Å². The van der Waals surface area contributed by atoms with Crippen molar-refractivity contribution >= 4 is 26.2 Å². The van der Waals surface area contributed by atoms with Crippen LogP contribution in [0.15, 0.2) is 29.2 Å². The molecule has 3 rings (SSSR count). The van der Waals surface area contributed by atoms with Gasteiger partial charge in [0, 0.05) is 17.4 Å². The average Bonchev–Trinajstić information content (AvgIpc) is 3.10. The zero-order chi connectivity index (χ0) is 17.9. The van der Waals surface area contributed by atoms with Gasteiger partial charge in [-0.2, -0.15) is 8.42 Å². The average molecular weight is 387 g/mol. The fourth-order valence-electron chi connectivity index (χ4n) is 3.42. The lowest BCUT2D eigenvalue weighted by molar-refractivity contribution is -0.120. The van der Waals surface area contributed by atoms with E-state index >= 15 is 0 Å². The Morgan fingerprint density at radius 2 is 1.76 bits per heavy atom. The second-order valence-corrected chi connectivity index (χ2v) is 11.9. The van der Waals surface area contributed by atoms with E-state index < -0.39 is 20.4 Å². The second-order valence-electron chi connectivity index (χ2n) is 6.91. The van der Waals surface area contributed by atoms with Crippen molar-refractivity contribution in [1.29, 1.82) is 0 Å². The maximum Gasteiger partial charge on any atom is 0.306 e. The van der Waals surface area contributed by atoms with Gasteiger partial charge in [0.05, 0.1) is 23.9 Å². The smallest absolute Gasteiger partial charge is 0.306 e. The Bertz CT molecular complexity index is 699. The first-order valence-corrected chi connectivity index (χ1v) is 12.3. The van der Waals surface area contributed by atoms with E-state index in [4.69, 9.17) is 8.37 Å². The van der Waals surface area contributed by atoms with Crippen LogP contribution in [0.25, 0.3) is 0 Å². The molecule has 0 bridgehead atoms. The molecule has 1 aliphatic carbocycles. The minimum absolute atomic E-state index is 0.0814. The van der Waals surface area contributed by atoms with Crippen LogP contribution in [0.4, 0.5) is 0 Å². The van der Waals surface area contributed by atoms with E-state index in [2.05, 4.69) is 0 Å². The topological polar surface area (TPSA) is 69.7 Å². The Labute approximate surface area is 151 Å². The molecule has 5 nitrogen and oxygen atoms in total. The van der Waals surface area contributed by atoms with Gasteiger partial charge in [0.2, 0.25) is 0 Å². The van der Waals surface area contributed by atoms with Crippen molar-refractivity contribution in [2.75, 3.05) is 30.5 Å². The summed E-state index contributed by atoms with van der Waals surface area (Å²) in [6, 6.07) is 6.64. The molecule has 1 aliphatic heterocycles. The van der Waals surface area contributed by atoms with Gasteiger partial charge >= 0.3 is 10.1 Å². The number of ether oxygens (including phenoxy) is 1. The summed E-state index contributed by atoms with van der Waals surface area (Å²) in [4.78, 5) is 12.8. The van der Waals surface area contributed by atoms with Crippen LogP contribution in [0, 0.1) is 12.8 Å². The molecule has 0 radical (unpaired) electrons. The van der Waals surface area contributed by atoms with Gasteiger partial charge in [-0.15, -0.1) is 10.3 Å². The molecule has 0 spiro atoms. The van der Waals surface area contributed by atoms with Crippen molar-refractivity contribution < 1.29 is 21.6 Å². The van der Waals surface area contributed by atoms with E-state index in [1.54, 1.807) is 24.3 Å². The largest absolute Gasteiger partial charge is 0.380 e. The van der Waals surface area contributed by atoms with Gasteiger partial charge in [-0.25, -0.2) is 3.63 Å². The summed E-state index contributed by atoms with van der Waals surface area (Å²) < 4.78 is 36.7. The number of Topliss-reactive ketones (excluding diaryl/α,β-unsaturated/α-hetero) is 1. The Balaban J connectivity index is 1.80. The first kappa shape index (κ1) is 18.9. The standard InChI is InChI=1S/C18H26O5S2/c1-15-6-8-17(9-7-15)25(20,21)23-24(12-10-22-11-13-24)14-18(19)16-4-2-3-5-16/h6-9,16H,2-5,10-14H2,1H3. The van der Waals surface area contributed by atoms with Crippen molar-refractivity contribution in [2.45, 2.75) is 37.5 Å². The summed E-state index contributed by atoms with van der Waals surface area (Å²) in [5, 5.41) is 0. The van der Waals surface area contributed by atoms with Gasteiger partial charge in [-0.05, 0) is 31.9 Å². The highest BCUT2D eigenvalue weighted by Crippen LogP contribution is 2.53. The maximum absolute atomic E-state index is 12.8. The molecular weight excluding hydrogens is 360 g/mol. The molecule has 140 valence electrons. The lowest BCUT2D eigenvalue weighted by Crippen LogP contribution is -2.33. The Hall–Kier alpha value is -0.890. The third-order valence-corrected chi connectivity index (χ3v) is 10.3. The van der Waals surface area contributed by atoms with E-state index in [1.165, 1.54) is 0 Å². The summed E-state index contributed by atoms with van der Waals surface area (Å²) in [6.45, 7) is 2.82. The van der Waals surface area contributed by atoms with Crippen molar-refractivity contribution in [3.8, 4) is 0 Å². The van der Waals surface area contributed by atoms with Crippen LogP contribution in [-0.4, -0.2) is 44.7 Å². The van der Waals surface area contributed by atoms with Crippen LogP contribution < -0.4 is 0 Å². The summed E-state index contributed by atoms with van der Waals surface area (Å²) in [7, 11) is -5.89. The van der Waals surface area contributed by atoms with Gasteiger partial charge in [0.15, 0.2) is 0 Å². The summed E-state index contributed by atoms with van der Waals surface area (Å²) in [5.74, 6) is 1.52. The van der Waals surface area contributed by atoms with E-state index in [1.807, 2.05) is 6.92 Å². The number of carbonyl (C=O) groups excluding carboxylic acids is 1. The van der Waals surface area contributed by atoms with Crippen molar-refractivity contribution in [1.82, 2.24) is 0 Å². The van der Waals surface area contributed by atoms with Crippen molar-refractivity contribution in [3.05, 3.63) is 29.8 Å². The second kappa shape index (κ2) is 7.78. The van der Waals surface area contributed by atoms with E-state index in [9.17, 15) is 13.2 Å². The van der Waals surface area contributed by atoms with Crippen LogP contribution in [0.5, 0.6) is 0 Å². The minimum Gasteiger partial charge on any atom is -0.380 e. The third-order valence-electron chi connectivity index (χ3n) is 4.96. The maximum atomic E-state index is 12.8. The number of hydrogen-bond acceptors (Lipinski definition) is 5. The first-order chi connectivity index (χ1) is 11.9. The van der Waals surface area contributed by atoms with E-state index in [0.29, 0.717) is 24.7 Å². The molecule has 2 fully saturated rings. The molecule has 1 aromatic rings. The van der Waals surface area contributed by atoms with Crippen LogP contribution >= 0.6 is 10.3 Å². The van der Waals surface area contributed by atoms with Gasteiger partial charge < -0.3 is 4.74 Å². The minimum atomic E-state index is -3.87. The molecule has 1 aromatic carbocycles. The number of aryl methyl sites for hydroxylation is 1. The van der Waals surface area contributed by atoms with Crippen LogP contribution in [0.2, 0.25) is 0 Å². The Morgan fingerprint density at radius 3 is 2.36 bits per heavy atom. The van der Waals surface area contributed by atoms with Crippen LogP contribution in [-0.2, 0) is 23.3 Å². The van der Waals surface area contributed by atoms with Crippen molar-refractivity contribution in [2.24, 2.45) is 5.92 Å². The zero-order valence-electron chi connectivity index (χ0n) is 14.6. The molecule has 1 saturated carbocycles. The number of hydrogen-bond donors (Lipinski definition) is 0. The highest BCUT2D eigenvalue weighted by Gasteiger charge is 2.38. The summed E-state index contributed by atoms with van der Waals surface area (Å²) in [5.41, 5.74) is 0.989. The van der Waals surface area contributed by atoms with Gasteiger partial charge in [-0.1, -0.05) is 30.5 Å². The highest BCUT2D eigenvalue weighted by atomic mass is 32.3. The highest BCUT2D eigenvalue weighted by molar-refractivity contribution is 8.33. The summed E-state index contributed by atoms with van der Waals surface area (Å²) in [6.07, 6.45) is 4.03. The first-order valence-electron chi connectivity index (χ1n) is 8.80. The molecule has 25 heavy (non-hydrogen) atoms. The van der Waals surface area contributed by atoms with Crippen molar-refractivity contribution in [3.63, 3.8) is 0 Å². The molecule has 0 amide bonds. The quantitative estimate of drug-likeness (QED) is 0.751. The lowest BCUT2D eigenvalue weighted by atomic mass is 10.0. The predicted octanol–water partition coefficient (Wildman–Crippen LogP) is 3.21. The summed E-state index contributed by atoms with van der Waals surface area (Å²) >= 11 is 0. The monoisotopic (exact) mass is 386 g/mol. The molecule has 0 aromatic heterocycles. The molecule has 2 aliphatic rings. The normalized spacial score (nSPS) is 22.6. The fraction of sp³-hybridized carbons (Fsp3) is 0.611. The zero-order valence-corrected chi connectivity index (χ0v) is 16.2. The van der Waals surface area contributed by atoms with E-state index in [0.717, 1.165) is 31.2 Å². The molecule has 0 atom stereocenters. The molecule has 1 heterocycles. The number of benzene rings is 1. The molecule has 0 unspecified atom stereocenters. The Kier molecular flexibility index (Phi) is 5.88. The third kappa shape index (κ3) is 4.64. The van der Waals surface area contributed by atoms with E-state index in [-0.39, 0.29) is 22.3 Å². The molecule has 7 heteroatoms. The molecule has 1 saturated heterocycles. The molecule has 0 N–H and O–H groups in total. The number of carbonyl (C=O) groups is 1. The number of ketones is 1. The SMILES string of the molecule is Cc1ccc(S(=O)(=O)OS2(CC(=O)C3CCCC3)CCOCC2)cc1. The predicted molar refractivity (Wildman–Crippen MR) is 99.4 cm³/mol. The number of rotatable bonds is 6. The van der Waals surface area contributed by atoms with Gasteiger partial charge in [-0.3, -0.25) is 4.79 Å². The van der Waals surface area contributed by atoms with Crippen LogP contribution in [0.3, 0.4) is 0 Å². The fourth-order valence-corrected chi connectivity index (χ4v) is 8.55. The Morgan fingerprint density at radius 1 is 1.16 bits per heavy atom. The van der Waals surface area contributed by atoms with Gasteiger partial charge in [0.25, 0.3) is 0 Å². The molecular formula is C18H26O5S2. The van der Waals surface area contributed by atoms with Crippen LogP contribution in [0.1, 0.15) is 31.2 Å². The lowest BCUT2D eigenvalue weighted by Gasteiger charge is -2.41.